The average Bonchev–Trinajstić information content (AvgIpc) is 3.18. The molecule has 0 aromatic rings. The van der Waals surface area contributed by atoms with Crippen LogP contribution in [0.4, 0.5) is 0 Å². The van der Waals surface area contributed by atoms with E-state index in [1.165, 1.54) is 51.9 Å². The number of hydrogen-bond donors (Lipinski definition) is 0. The summed E-state index contributed by atoms with van der Waals surface area (Å²) in [5.74, 6) is 2.05. The Balaban J connectivity index is 1.61. The van der Waals surface area contributed by atoms with E-state index < -0.39 is 0 Å². The fourth-order valence-corrected chi connectivity index (χ4v) is 4.81. The van der Waals surface area contributed by atoms with Gasteiger partial charge in [0.1, 0.15) is 0 Å². The summed E-state index contributed by atoms with van der Waals surface area (Å²) in [6.45, 7) is 13.6. The lowest BCUT2D eigenvalue weighted by Gasteiger charge is -2.40. The van der Waals surface area contributed by atoms with Crippen molar-refractivity contribution in [2.75, 3.05) is 52.4 Å². The summed E-state index contributed by atoms with van der Waals surface area (Å²) >= 11 is 0. The Morgan fingerprint density at radius 3 is 2.26 bits per heavy atom. The molecule has 0 aliphatic carbocycles. The van der Waals surface area contributed by atoms with Gasteiger partial charge in [-0.3, -0.25) is 4.79 Å². The van der Waals surface area contributed by atoms with Gasteiger partial charge in [-0.25, -0.2) is 0 Å². The molecule has 3 saturated heterocycles. The van der Waals surface area contributed by atoms with Crippen LogP contribution >= 0.6 is 0 Å². The normalized spacial score (nSPS) is 30.5. The van der Waals surface area contributed by atoms with Crippen molar-refractivity contribution in [2.24, 2.45) is 17.8 Å². The molecule has 23 heavy (non-hydrogen) atoms. The summed E-state index contributed by atoms with van der Waals surface area (Å²) in [5.41, 5.74) is 0. The minimum absolute atomic E-state index is 0.244. The zero-order valence-electron chi connectivity index (χ0n) is 15.2. The lowest BCUT2D eigenvalue weighted by Crippen LogP contribution is -2.50. The van der Waals surface area contributed by atoms with E-state index in [9.17, 15) is 4.79 Å². The van der Waals surface area contributed by atoms with Gasteiger partial charge in [0.05, 0.1) is 5.92 Å². The standard InChI is InChI=1S/C19H35N3O/c1-16(2)12-21-14-17(13-20-7-3-4-8-20)11-18(15-21)19(23)22-9-5-6-10-22/h16-18H,3-15H2,1-2H3/t17-,18-/m1/s1. The van der Waals surface area contributed by atoms with E-state index >= 15 is 0 Å². The largest absolute Gasteiger partial charge is 0.342 e. The molecular weight excluding hydrogens is 286 g/mol. The molecule has 3 fully saturated rings. The van der Waals surface area contributed by atoms with Crippen LogP contribution in [-0.4, -0.2) is 73.0 Å². The highest BCUT2D eigenvalue weighted by atomic mass is 16.2. The van der Waals surface area contributed by atoms with Gasteiger partial charge in [-0.15, -0.1) is 0 Å². The van der Waals surface area contributed by atoms with E-state index in [2.05, 4.69) is 28.5 Å². The van der Waals surface area contributed by atoms with E-state index in [0.717, 1.165) is 32.6 Å². The van der Waals surface area contributed by atoms with Gasteiger partial charge in [-0.05, 0) is 57.0 Å². The molecule has 0 radical (unpaired) electrons. The molecule has 0 unspecified atom stereocenters. The van der Waals surface area contributed by atoms with Crippen molar-refractivity contribution in [1.29, 1.82) is 0 Å². The first-order chi connectivity index (χ1) is 11.1. The first-order valence-electron chi connectivity index (χ1n) is 9.85. The third kappa shape index (κ3) is 4.69. The van der Waals surface area contributed by atoms with Crippen LogP contribution in [0, 0.1) is 17.8 Å². The van der Waals surface area contributed by atoms with E-state index in [1.54, 1.807) is 0 Å². The molecule has 132 valence electrons. The van der Waals surface area contributed by atoms with Crippen molar-refractivity contribution in [2.45, 2.75) is 46.0 Å². The van der Waals surface area contributed by atoms with Gasteiger partial charge in [0.25, 0.3) is 0 Å². The molecule has 0 N–H and O–H groups in total. The maximum absolute atomic E-state index is 12.9. The second-order valence-electron chi connectivity index (χ2n) is 8.45. The smallest absolute Gasteiger partial charge is 0.226 e. The van der Waals surface area contributed by atoms with Crippen molar-refractivity contribution < 1.29 is 4.79 Å². The Hall–Kier alpha value is -0.610. The highest BCUT2D eigenvalue weighted by Crippen LogP contribution is 2.27. The molecule has 4 heteroatoms. The van der Waals surface area contributed by atoms with Crippen LogP contribution in [0.1, 0.15) is 46.0 Å². The number of likely N-dealkylation sites (tertiary alicyclic amines) is 3. The van der Waals surface area contributed by atoms with Crippen molar-refractivity contribution in [3.63, 3.8) is 0 Å². The minimum Gasteiger partial charge on any atom is -0.342 e. The van der Waals surface area contributed by atoms with Gasteiger partial charge in [0.2, 0.25) is 5.91 Å². The lowest BCUT2D eigenvalue weighted by molar-refractivity contribution is -0.137. The second kappa shape index (κ2) is 7.98. The van der Waals surface area contributed by atoms with Gasteiger partial charge in [-0.1, -0.05) is 13.8 Å². The highest BCUT2D eigenvalue weighted by Gasteiger charge is 2.35. The summed E-state index contributed by atoms with van der Waals surface area (Å²) in [6.07, 6.45) is 6.23. The Morgan fingerprint density at radius 2 is 1.61 bits per heavy atom. The van der Waals surface area contributed by atoms with Crippen molar-refractivity contribution in [3.8, 4) is 0 Å². The maximum atomic E-state index is 12.9. The van der Waals surface area contributed by atoms with Crippen LogP contribution in [0.2, 0.25) is 0 Å². The monoisotopic (exact) mass is 321 g/mol. The average molecular weight is 322 g/mol. The van der Waals surface area contributed by atoms with Gasteiger partial charge in [0, 0.05) is 39.3 Å². The summed E-state index contributed by atoms with van der Waals surface area (Å²) in [5, 5.41) is 0. The Bertz CT molecular complexity index is 386. The molecule has 3 heterocycles. The molecule has 3 rings (SSSR count). The predicted octanol–water partition coefficient (Wildman–Crippen LogP) is 2.30. The minimum atomic E-state index is 0.244. The number of nitrogens with zero attached hydrogens (tertiary/aromatic N) is 3. The molecule has 0 aromatic heterocycles. The molecule has 1 amide bonds. The van der Waals surface area contributed by atoms with Gasteiger partial charge in [-0.2, -0.15) is 0 Å². The predicted molar refractivity (Wildman–Crippen MR) is 94.4 cm³/mol. The van der Waals surface area contributed by atoms with Crippen LogP contribution in [0.5, 0.6) is 0 Å². The van der Waals surface area contributed by atoms with E-state index in [-0.39, 0.29) is 5.92 Å². The molecule has 0 saturated carbocycles. The number of piperidine rings is 1. The molecule has 0 aromatic carbocycles. The molecule has 2 atom stereocenters. The fourth-order valence-electron chi connectivity index (χ4n) is 4.81. The summed E-state index contributed by atoms with van der Waals surface area (Å²) in [6, 6.07) is 0. The van der Waals surface area contributed by atoms with Crippen LogP contribution in [0.3, 0.4) is 0 Å². The maximum Gasteiger partial charge on any atom is 0.226 e. The van der Waals surface area contributed by atoms with Crippen LogP contribution in [0.15, 0.2) is 0 Å². The third-order valence-corrected chi connectivity index (χ3v) is 5.72. The Kier molecular flexibility index (Phi) is 5.97. The summed E-state index contributed by atoms with van der Waals surface area (Å²) in [7, 11) is 0. The van der Waals surface area contributed by atoms with Gasteiger partial charge in [0.15, 0.2) is 0 Å². The zero-order valence-corrected chi connectivity index (χ0v) is 15.2. The molecule has 3 aliphatic heterocycles. The Labute approximate surface area is 142 Å². The van der Waals surface area contributed by atoms with Gasteiger partial charge >= 0.3 is 0 Å². The van der Waals surface area contributed by atoms with Crippen molar-refractivity contribution in [3.05, 3.63) is 0 Å². The first-order valence-corrected chi connectivity index (χ1v) is 9.85. The first kappa shape index (κ1) is 17.2. The number of amides is 1. The highest BCUT2D eigenvalue weighted by molar-refractivity contribution is 5.79. The molecular formula is C19H35N3O. The second-order valence-corrected chi connectivity index (χ2v) is 8.45. The third-order valence-electron chi connectivity index (χ3n) is 5.72. The van der Waals surface area contributed by atoms with Crippen LogP contribution in [0.25, 0.3) is 0 Å². The molecule has 4 nitrogen and oxygen atoms in total. The van der Waals surface area contributed by atoms with Crippen molar-refractivity contribution in [1.82, 2.24) is 14.7 Å². The number of hydrogen-bond acceptors (Lipinski definition) is 3. The lowest BCUT2D eigenvalue weighted by atomic mass is 9.87. The molecule has 0 spiro atoms. The topological polar surface area (TPSA) is 26.8 Å². The number of rotatable bonds is 5. The van der Waals surface area contributed by atoms with Crippen molar-refractivity contribution >= 4 is 5.91 Å². The van der Waals surface area contributed by atoms with Gasteiger partial charge < -0.3 is 14.7 Å². The fraction of sp³-hybridized carbons (Fsp3) is 0.947. The number of carbonyl (C=O) groups is 1. The number of carbonyl (C=O) groups excluding carboxylic acids is 1. The molecule has 0 bridgehead atoms. The van der Waals surface area contributed by atoms with E-state index in [4.69, 9.17) is 0 Å². The summed E-state index contributed by atoms with van der Waals surface area (Å²) < 4.78 is 0. The zero-order chi connectivity index (χ0) is 16.2. The Morgan fingerprint density at radius 1 is 0.957 bits per heavy atom. The quantitative estimate of drug-likeness (QED) is 0.777. The summed E-state index contributed by atoms with van der Waals surface area (Å²) in [4.78, 5) is 20.2. The van der Waals surface area contributed by atoms with E-state index in [0.29, 0.717) is 17.7 Å². The van der Waals surface area contributed by atoms with E-state index in [1.807, 2.05) is 0 Å². The SMILES string of the molecule is CC(C)CN1C[C@@H](CN2CCCC2)C[C@@H](C(=O)N2CCCC2)C1. The molecule has 3 aliphatic rings. The van der Waals surface area contributed by atoms with Crippen LogP contribution < -0.4 is 0 Å². The van der Waals surface area contributed by atoms with Crippen LogP contribution in [-0.2, 0) is 4.79 Å².